The largest absolute Gasteiger partial charge is 0.303 e. The summed E-state index contributed by atoms with van der Waals surface area (Å²) in [5.41, 5.74) is 0. The molecule has 1 aliphatic heterocycles. The second-order valence-corrected chi connectivity index (χ2v) is 5.60. The van der Waals surface area contributed by atoms with Gasteiger partial charge in [0.15, 0.2) is 5.13 Å². The molecule has 2 heterocycles. The number of nitrogens with one attached hydrogen (secondary N) is 2. The molecule has 4 nitrogen and oxygen atoms in total. The summed E-state index contributed by atoms with van der Waals surface area (Å²) in [4.78, 5) is 16.8. The number of alkyl halides is 1. The number of thiazole rings is 1. The van der Waals surface area contributed by atoms with E-state index in [2.05, 4.69) is 31.5 Å². The molecule has 0 spiro atoms. The molecule has 16 heavy (non-hydrogen) atoms. The van der Waals surface area contributed by atoms with Gasteiger partial charge in [-0.3, -0.25) is 4.79 Å². The molecule has 0 unspecified atom stereocenters. The number of halogens is 2. The molecule has 0 aliphatic carbocycles. The van der Waals surface area contributed by atoms with Crippen LogP contribution in [0.15, 0.2) is 4.60 Å². The van der Waals surface area contributed by atoms with Crippen molar-refractivity contribution in [2.24, 2.45) is 0 Å². The first-order chi connectivity index (χ1) is 7.56. The molecular weight excluding hydrogens is 297 g/mol. The SMILES string of the molecule is Cc1sc(NC(=O)[C@@H]2C[C@@H](F)CN2)nc1Br. The molecule has 2 atom stereocenters. The molecule has 1 saturated heterocycles. The van der Waals surface area contributed by atoms with E-state index in [1.54, 1.807) is 0 Å². The maximum atomic E-state index is 12.9. The number of hydrogen-bond donors (Lipinski definition) is 2. The minimum Gasteiger partial charge on any atom is -0.303 e. The fraction of sp³-hybridized carbons (Fsp3) is 0.556. The van der Waals surface area contributed by atoms with Crippen LogP contribution in [-0.4, -0.2) is 29.6 Å². The van der Waals surface area contributed by atoms with Crippen LogP contribution in [0.5, 0.6) is 0 Å². The van der Waals surface area contributed by atoms with E-state index in [0.717, 1.165) is 9.48 Å². The van der Waals surface area contributed by atoms with Gasteiger partial charge in [0.1, 0.15) is 10.8 Å². The Bertz CT molecular complexity index is 392. The van der Waals surface area contributed by atoms with Gasteiger partial charge in [0.2, 0.25) is 5.91 Å². The first-order valence-corrected chi connectivity index (χ1v) is 6.48. The zero-order valence-electron chi connectivity index (χ0n) is 8.59. The smallest absolute Gasteiger partial charge is 0.243 e. The third-order valence-corrected chi connectivity index (χ3v) is 4.28. The molecule has 1 amide bonds. The summed E-state index contributed by atoms with van der Waals surface area (Å²) in [5, 5.41) is 6.04. The van der Waals surface area contributed by atoms with Gasteiger partial charge >= 0.3 is 0 Å². The van der Waals surface area contributed by atoms with Gasteiger partial charge in [-0.05, 0) is 22.9 Å². The van der Waals surface area contributed by atoms with E-state index < -0.39 is 12.2 Å². The van der Waals surface area contributed by atoms with Crippen LogP contribution in [0.1, 0.15) is 11.3 Å². The minimum atomic E-state index is -0.930. The highest BCUT2D eigenvalue weighted by Gasteiger charge is 2.29. The molecule has 7 heteroatoms. The second kappa shape index (κ2) is 4.77. The van der Waals surface area contributed by atoms with Gasteiger partial charge in [0.05, 0.1) is 6.04 Å². The Labute approximate surface area is 105 Å². The molecule has 0 saturated carbocycles. The fourth-order valence-electron chi connectivity index (χ4n) is 1.52. The number of anilines is 1. The van der Waals surface area contributed by atoms with Crippen LogP contribution in [0.4, 0.5) is 9.52 Å². The molecule has 2 N–H and O–H groups in total. The van der Waals surface area contributed by atoms with Crippen molar-refractivity contribution in [1.82, 2.24) is 10.3 Å². The Hall–Kier alpha value is -0.530. The Morgan fingerprint density at radius 1 is 1.75 bits per heavy atom. The van der Waals surface area contributed by atoms with E-state index in [9.17, 15) is 9.18 Å². The Balaban J connectivity index is 1.97. The summed E-state index contributed by atoms with van der Waals surface area (Å²) in [6, 6.07) is -0.446. The number of aromatic nitrogens is 1. The lowest BCUT2D eigenvalue weighted by atomic mass is 10.2. The maximum Gasteiger partial charge on any atom is 0.243 e. The predicted molar refractivity (Wildman–Crippen MR) is 64.5 cm³/mol. The molecule has 1 aromatic rings. The second-order valence-electron chi connectivity index (χ2n) is 3.65. The van der Waals surface area contributed by atoms with Crippen molar-refractivity contribution in [3.63, 3.8) is 0 Å². The molecule has 1 aliphatic rings. The summed E-state index contributed by atoms with van der Waals surface area (Å²) in [6.07, 6.45) is -0.697. The lowest BCUT2D eigenvalue weighted by Gasteiger charge is -2.08. The van der Waals surface area contributed by atoms with Crippen LogP contribution in [0, 0.1) is 6.92 Å². The Morgan fingerprint density at radius 2 is 2.50 bits per heavy atom. The first-order valence-electron chi connectivity index (χ1n) is 4.87. The van der Waals surface area contributed by atoms with Gasteiger partial charge < -0.3 is 10.6 Å². The van der Waals surface area contributed by atoms with Gasteiger partial charge in [-0.2, -0.15) is 0 Å². The lowest BCUT2D eigenvalue weighted by molar-refractivity contribution is -0.117. The van der Waals surface area contributed by atoms with E-state index in [4.69, 9.17) is 0 Å². The first kappa shape index (κ1) is 11.9. The number of amides is 1. The molecule has 0 aromatic carbocycles. The summed E-state index contributed by atoms with van der Waals surface area (Å²) < 4.78 is 13.6. The highest BCUT2D eigenvalue weighted by atomic mass is 79.9. The number of carbonyl (C=O) groups is 1. The van der Waals surface area contributed by atoms with Crippen molar-refractivity contribution < 1.29 is 9.18 Å². The predicted octanol–water partition coefficient (Wildman–Crippen LogP) is 1.85. The minimum absolute atomic E-state index is 0.221. The fourth-order valence-corrected chi connectivity index (χ4v) is 2.76. The number of hydrogen-bond acceptors (Lipinski definition) is 4. The molecule has 88 valence electrons. The standard InChI is InChI=1S/C9H11BrFN3OS/c1-4-7(10)13-9(16-4)14-8(15)6-2-5(11)3-12-6/h5-6,12H,2-3H2,1H3,(H,13,14,15)/t5-,6+/m1/s1. The lowest BCUT2D eigenvalue weighted by Crippen LogP contribution is -2.35. The normalized spacial score (nSPS) is 24.7. The average molecular weight is 308 g/mol. The van der Waals surface area contributed by atoms with Crippen molar-refractivity contribution in [1.29, 1.82) is 0 Å². The number of rotatable bonds is 2. The number of aryl methyl sites for hydroxylation is 1. The van der Waals surface area contributed by atoms with Crippen LogP contribution in [0.3, 0.4) is 0 Å². The van der Waals surface area contributed by atoms with E-state index in [1.807, 2.05) is 6.92 Å². The summed E-state index contributed by atoms with van der Waals surface area (Å²) in [7, 11) is 0. The van der Waals surface area contributed by atoms with Crippen LogP contribution in [0.2, 0.25) is 0 Å². The zero-order valence-corrected chi connectivity index (χ0v) is 11.0. The third kappa shape index (κ3) is 2.58. The van der Waals surface area contributed by atoms with Crippen molar-refractivity contribution in [3.05, 3.63) is 9.48 Å². The van der Waals surface area contributed by atoms with Crippen LogP contribution < -0.4 is 10.6 Å². The van der Waals surface area contributed by atoms with Gasteiger partial charge in [-0.25, -0.2) is 9.37 Å². The summed E-state index contributed by atoms with van der Waals surface area (Å²) in [5.74, 6) is -0.221. The topological polar surface area (TPSA) is 54.0 Å². The summed E-state index contributed by atoms with van der Waals surface area (Å²) >= 11 is 4.66. The zero-order chi connectivity index (χ0) is 11.7. The van der Waals surface area contributed by atoms with Crippen LogP contribution in [-0.2, 0) is 4.79 Å². The van der Waals surface area contributed by atoms with E-state index in [0.29, 0.717) is 5.13 Å². The van der Waals surface area contributed by atoms with Gasteiger partial charge in [0.25, 0.3) is 0 Å². The van der Waals surface area contributed by atoms with Crippen molar-refractivity contribution >= 4 is 38.3 Å². The van der Waals surface area contributed by atoms with Crippen LogP contribution in [0.25, 0.3) is 0 Å². The van der Waals surface area contributed by atoms with Crippen LogP contribution >= 0.6 is 27.3 Å². The van der Waals surface area contributed by atoms with Gasteiger partial charge in [-0.15, -0.1) is 11.3 Å². The third-order valence-electron chi connectivity index (χ3n) is 2.36. The van der Waals surface area contributed by atoms with Gasteiger partial charge in [0, 0.05) is 17.8 Å². The Morgan fingerprint density at radius 3 is 3.00 bits per heavy atom. The van der Waals surface area contributed by atoms with E-state index >= 15 is 0 Å². The van der Waals surface area contributed by atoms with E-state index in [1.165, 1.54) is 11.3 Å². The van der Waals surface area contributed by atoms with Crippen molar-refractivity contribution in [2.75, 3.05) is 11.9 Å². The Kier molecular flexibility index (Phi) is 3.56. The number of carbonyl (C=O) groups excluding carboxylic acids is 1. The van der Waals surface area contributed by atoms with Gasteiger partial charge in [-0.1, -0.05) is 0 Å². The highest BCUT2D eigenvalue weighted by molar-refractivity contribution is 9.10. The maximum absolute atomic E-state index is 12.9. The molecule has 2 rings (SSSR count). The average Bonchev–Trinajstić information content (AvgIpc) is 2.75. The monoisotopic (exact) mass is 307 g/mol. The number of nitrogens with zero attached hydrogens (tertiary/aromatic N) is 1. The van der Waals surface area contributed by atoms with Crippen molar-refractivity contribution in [2.45, 2.75) is 25.6 Å². The molecule has 1 fully saturated rings. The quantitative estimate of drug-likeness (QED) is 0.877. The molecule has 0 radical (unpaired) electrons. The molecule has 0 bridgehead atoms. The molecular formula is C9H11BrFN3OS. The van der Waals surface area contributed by atoms with Crippen molar-refractivity contribution in [3.8, 4) is 0 Å². The van der Waals surface area contributed by atoms with E-state index in [-0.39, 0.29) is 18.9 Å². The summed E-state index contributed by atoms with van der Waals surface area (Å²) in [6.45, 7) is 2.15. The molecule has 1 aromatic heterocycles. The highest BCUT2D eigenvalue weighted by Crippen LogP contribution is 2.26.